The highest BCUT2D eigenvalue weighted by atomic mass is 32.1. The van der Waals surface area contributed by atoms with Crippen LogP contribution in [-0.4, -0.2) is 38.4 Å². The third kappa shape index (κ3) is 2.37. The largest absolute Gasteiger partial charge is 0.388 e. The zero-order valence-corrected chi connectivity index (χ0v) is 11.0. The van der Waals surface area contributed by atoms with Crippen LogP contribution in [0.5, 0.6) is 0 Å². The number of piperidine rings is 1. The Morgan fingerprint density at radius 3 is 2.88 bits per heavy atom. The molecule has 1 unspecified atom stereocenters. The maximum Gasteiger partial charge on any atom is 0.131 e. The molecule has 0 bridgehead atoms. The topological polar surface area (TPSA) is 49.2 Å². The average molecular weight is 253 g/mol. The van der Waals surface area contributed by atoms with Crippen molar-refractivity contribution >= 4 is 11.3 Å². The lowest BCUT2D eigenvalue weighted by Gasteiger charge is -2.38. The van der Waals surface area contributed by atoms with Crippen LogP contribution in [0.15, 0.2) is 0 Å². The van der Waals surface area contributed by atoms with Crippen molar-refractivity contribution in [3.63, 3.8) is 0 Å². The fourth-order valence-electron chi connectivity index (χ4n) is 2.83. The number of hydrogen-bond donors (Lipinski definition) is 1. The van der Waals surface area contributed by atoms with Crippen molar-refractivity contribution in [1.82, 2.24) is 15.1 Å². The van der Waals surface area contributed by atoms with Crippen molar-refractivity contribution in [1.29, 1.82) is 0 Å². The molecule has 5 heteroatoms. The van der Waals surface area contributed by atoms with Crippen LogP contribution in [-0.2, 0) is 6.54 Å². The van der Waals surface area contributed by atoms with Gasteiger partial charge in [-0.05, 0) is 39.2 Å². The first kappa shape index (κ1) is 11.6. The fourth-order valence-corrected chi connectivity index (χ4v) is 3.56. The molecule has 0 amide bonds. The number of aliphatic hydroxyl groups is 1. The SMILES string of the molecule is Cc1nnc(CN2CCCCC2C2(O)CC2)s1. The van der Waals surface area contributed by atoms with E-state index in [9.17, 15) is 5.11 Å². The molecule has 1 aromatic rings. The molecule has 0 aromatic carbocycles. The van der Waals surface area contributed by atoms with Crippen LogP contribution in [0.3, 0.4) is 0 Å². The summed E-state index contributed by atoms with van der Waals surface area (Å²) < 4.78 is 0. The van der Waals surface area contributed by atoms with Crippen LogP contribution < -0.4 is 0 Å². The van der Waals surface area contributed by atoms with Gasteiger partial charge >= 0.3 is 0 Å². The molecule has 4 nitrogen and oxygen atoms in total. The lowest BCUT2D eigenvalue weighted by Crippen LogP contribution is -2.47. The summed E-state index contributed by atoms with van der Waals surface area (Å²) in [6.07, 6.45) is 5.57. The predicted molar refractivity (Wildman–Crippen MR) is 66.9 cm³/mol. The van der Waals surface area contributed by atoms with E-state index in [1.54, 1.807) is 11.3 Å². The predicted octanol–water partition coefficient (Wildman–Crippen LogP) is 1.73. The Balaban J connectivity index is 1.71. The van der Waals surface area contributed by atoms with Crippen molar-refractivity contribution in [3.05, 3.63) is 10.0 Å². The van der Waals surface area contributed by atoms with Crippen LogP contribution in [0.2, 0.25) is 0 Å². The fraction of sp³-hybridized carbons (Fsp3) is 0.833. The molecule has 1 aliphatic heterocycles. The Labute approximate surface area is 106 Å². The van der Waals surface area contributed by atoms with E-state index in [0.717, 1.165) is 42.4 Å². The zero-order valence-electron chi connectivity index (χ0n) is 10.2. The second-order valence-corrected chi connectivity index (χ2v) is 6.57. The van der Waals surface area contributed by atoms with E-state index in [2.05, 4.69) is 15.1 Å². The number of nitrogens with zero attached hydrogens (tertiary/aromatic N) is 3. The summed E-state index contributed by atoms with van der Waals surface area (Å²) in [6.45, 7) is 3.94. The number of aromatic nitrogens is 2. The molecule has 1 N–H and O–H groups in total. The van der Waals surface area contributed by atoms with Crippen LogP contribution in [0.4, 0.5) is 0 Å². The van der Waals surface area contributed by atoms with E-state index in [1.807, 2.05) is 6.92 Å². The summed E-state index contributed by atoms with van der Waals surface area (Å²) in [6, 6.07) is 0.348. The summed E-state index contributed by atoms with van der Waals surface area (Å²) in [5.74, 6) is 0. The molecule has 94 valence electrons. The number of rotatable bonds is 3. The minimum absolute atomic E-state index is 0.348. The number of hydrogen-bond acceptors (Lipinski definition) is 5. The minimum Gasteiger partial charge on any atom is -0.388 e. The Morgan fingerprint density at radius 2 is 2.24 bits per heavy atom. The molecule has 2 fully saturated rings. The van der Waals surface area contributed by atoms with Crippen LogP contribution in [0.1, 0.15) is 42.1 Å². The Bertz CT molecular complexity index is 402. The van der Waals surface area contributed by atoms with Gasteiger partial charge in [0, 0.05) is 6.04 Å². The summed E-state index contributed by atoms with van der Waals surface area (Å²) in [5, 5.41) is 20.7. The molecular formula is C12H19N3OS. The monoisotopic (exact) mass is 253 g/mol. The molecule has 0 spiro atoms. The van der Waals surface area contributed by atoms with E-state index >= 15 is 0 Å². The summed E-state index contributed by atoms with van der Waals surface area (Å²) in [5.41, 5.74) is -0.389. The smallest absolute Gasteiger partial charge is 0.131 e. The van der Waals surface area contributed by atoms with Crippen molar-refractivity contribution in [3.8, 4) is 0 Å². The van der Waals surface area contributed by atoms with Gasteiger partial charge in [-0.2, -0.15) is 0 Å². The third-order valence-electron chi connectivity index (χ3n) is 3.90. The molecular weight excluding hydrogens is 234 g/mol. The molecule has 1 aliphatic carbocycles. The maximum atomic E-state index is 10.3. The molecule has 2 heterocycles. The normalized spacial score (nSPS) is 28.2. The third-order valence-corrected chi connectivity index (χ3v) is 4.73. The first-order valence-electron chi connectivity index (χ1n) is 6.43. The van der Waals surface area contributed by atoms with Gasteiger partial charge in [-0.1, -0.05) is 6.42 Å². The Kier molecular flexibility index (Phi) is 2.92. The van der Waals surface area contributed by atoms with E-state index in [1.165, 1.54) is 12.8 Å². The summed E-state index contributed by atoms with van der Waals surface area (Å²) >= 11 is 1.67. The highest BCUT2D eigenvalue weighted by Crippen LogP contribution is 2.44. The van der Waals surface area contributed by atoms with Gasteiger partial charge in [0.25, 0.3) is 0 Å². The van der Waals surface area contributed by atoms with Crippen molar-refractivity contribution in [2.75, 3.05) is 6.54 Å². The van der Waals surface area contributed by atoms with Gasteiger partial charge in [0.2, 0.25) is 0 Å². The van der Waals surface area contributed by atoms with E-state index in [0.29, 0.717) is 6.04 Å². The Hall–Kier alpha value is -0.520. The van der Waals surface area contributed by atoms with Crippen molar-refractivity contribution < 1.29 is 5.11 Å². The quantitative estimate of drug-likeness (QED) is 0.891. The van der Waals surface area contributed by atoms with Gasteiger partial charge in [0.05, 0.1) is 12.1 Å². The van der Waals surface area contributed by atoms with Gasteiger partial charge in [-0.25, -0.2) is 0 Å². The molecule has 17 heavy (non-hydrogen) atoms. The number of likely N-dealkylation sites (tertiary alicyclic amines) is 1. The van der Waals surface area contributed by atoms with Gasteiger partial charge in [0.1, 0.15) is 10.0 Å². The van der Waals surface area contributed by atoms with Gasteiger partial charge in [0.15, 0.2) is 0 Å². The highest BCUT2D eigenvalue weighted by Gasteiger charge is 2.50. The van der Waals surface area contributed by atoms with Crippen molar-refractivity contribution in [2.45, 2.75) is 57.2 Å². The second kappa shape index (κ2) is 4.30. The van der Waals surface area contributed by atoms with Crippen LogP contribution in [0.25, 0.3) is 0 Å². The van der Waals surface area contributed by atoms with Gasteiger partial charge < -0.3 is 5.11 Å². The first-order chi connectivity index (χ1) is 8.17. The van der Waals surface area contributed by atoms with Gasteiger partial charge in [-0.3, -0.25) is 4.90 Å². The summed E-state index contributed by atoms with van der Waals surface area (Å²) in [4.78, 5) is 2.41. The molecule has 1 saturated carbocycles. The Morgan fingerprint density at radius 1 is 1.41 bits per heavy atom. The van der Waals surface area contributed by atoms with E-state index in [4.69, 9.17) is 0 Å². The molecule has 1 saturated heterocycles. The zero-order chi connectivity index (χ0) is 11.9. The molecule has 0 radical (unpaired) electrons. The van der Waals surface area contributed by atoms with Crippen LogP contribution >= 0.6 is 11.3 Å². The first-order valence-corrected chi connectivity index (χ1v) is 7.24. The number of aryl methyl sites for hydroxylation is 1. The van der Waals surface area contributed by atoms with Gasteiger partial charge in [-0.15, -0.1) is 21.5 Å². The summed E-state index contributed by atoms with van der Waals surface area (Å²) in [7, 11) is 0. The lowest BCUT2D eigenvalue weighted by atomic mass is 9.96. The standard InChI is InChI=1S/C12H19N3OS/c1-9-13-14-11(17-9)8-15-7-3-2-4-10(15)12(16)5-6-12/h10,16H,2-8H2,1H3. The lowest BCUT2D eigenvalue weighted by molar-refractivity contribution is 0.00365. The molecule has 1 aromatic heterocycles. The second-order valence-electron chi connectivity index (χ2n) is 5.30. The highest BCUT2D eigenvalue weighted by molar-refractivity contribution is 7.11. The minimum atomic E-state index is -0.389. The van der Waals surface area contributed by atoms with Crippen molar-refractivity contribution in [2.24, 2.45) is 0 Å². The van der Waals surface area contributed by atoms with E-state index < -0.39 is 0 Å². The van der Waals surface area contributed by atoms with E-state index in [-0.39, 0.29) is 5.60 Å². The molecule has 1 atom stereocenters. The molecule has 2 aliphatic rings. The molecule has 3 rings (SSSR count). The average Bonchev–Trinajstić information content (AvgIpc) is 2.93. The van der Waals surface area contributed by atoms with Crippen LogP contribution in [0, 0.1) is 6.92 Å². The maximum absolute atomic E-state index is 10.3.